The van der Waals surface area contributed by atoms with E-state index in [9.17, 15) is 5.11 Å². The van der Waals surface area contributed by atoms with Crippen LogP contribution in [-0.4, -0.2) is 35.8 Å². The van der Waals surface area contributed by atoms with Crippen LogP contribution in [0.4, 0.5) is 0 Å². The summed E-state index contributed by atoms with van der Waals surface area (Å²) >= 11 is 5.42. The molecule has 0 radical (unpaired) electrons. The lowest BCUT2D eigenvalue weighted by atomic mass is 10.1. The van der Waals surface area contributed by atoms with Gasteiger partial charge in [-0.3, -0.25) is 0 Å². The molecule has 1 rings (SSSR count). The number of hydrogen-bond acceptors (Lipinski definition) is 3. The standard InChI is InChI=1S/C18H30N2O2S/c1-4-5-6-7-8-9-12-19-18(23)20(2)14-15-10-11-16(21)17(13-15)22-3/h10-11,13,21H,4-9,12,14H2,1-3H3,(H,19,23). The molecule has 0 bridgehead atoms. The quantitative estimate of drug-likeness (QED) is 0.497. The normalized spacial score (nSPS) is 10.4. The minimum absolute atomic E-state index is 0.155. The molecule has 0 saturated carbocycles. The highest BCUT2D eigenvalue weighted by molar-refractivity contribution is 7.80. The fourth-order valence-corrected chi connectivity index (χ4v) is 2.57. The van der Waals surface area contributed by atoms with Crippen LogP contribution in [-0.2, 0) is 6.54 Å². The van der Waals surface area contributed by atoms with E-state index < -0.39 is 0 Å². The molecular formula is C18H30N2O2S. The van der Waals surface area contributed by atoms with E-state index in [4.69, 9.17) is 17.0 Å². The van der Waals surface area contributed by atoms with Gasteiger partial charge in [-0.15, -0.1) is 0 Å². The van der Waals surface area contributed by atoms with Gasteiger partial charge >= 0.3 is 0 Å². The first kappa shape index (κ1) is 19.6. The van der Waals surface area contributed by atoms with E-state index in [2.05, 4.69) is 12.2 Å². The summed E-state index contributed by atoms with van der Waals surface area (Å²) < 4.78 is 5.13. The molecule has 1 aromatic rings. The van der Waals surface area contributed by atoms with Crippen LogP contribution in [0.1, 0.15) is 51.0 Å². The lowest BCUT2D eigenvalue weighted by molar-refractivity contribution is 0.372. The fraction of sp³-hybridized carbons (Fsp3) is 0.611. The van der Waals surface area contributed by atoms with Gasteiger partial charge in [-0.05, 0) is 36.3 Å². The lowest BCUT2D eigenvalue weighted by Gasteiger charge is -2.21. The summed E-state index contributed by atoms with van der Waals surface area (Å²) in [5.74, 6) is 0.643. The van der Waals surface area contributed by atoms with Gasteiger partial charge in [-0.2, -0.15) is 0 Å². The number of benzene rings is 1. The van der Waals surface area contributed by atoms with Crippen LogP contribution < -0.4 is 10.1 Å². The Hall–Kier alpha value is -1.49. The van der Waals surface area contributed by atoms with Crippen LogP contribution in [0.2, 0.25) is 0 Å². The highest BCUT2D eigenvalue weighted by atomic mass is 32.1. The maximum absolute atomic E-state index is 9.62. The summed E-state index contributed by atoms with van der Waals surface area (Å²) in [4.78, 5) is 2.00. The van der Waals surface area contributed by atoms with Crippen molar-refractivity contribution in [1.29, 1.82) is 0 Å². The molecule has 5 heteroatoms. The second kappa shape index (κ2) is 11.1. The van der Waals surface area contributed by atoms with Crippen molar-refractivity contribution < 1.29 is 9.84 Å². The summed E-state index contributed by atoms with van der Waals surface area (Å²) in [6.45, 7) is 3.84. The largest absolute Gasteiger partial charge is 0.504 e. The first-order valence-electron chi connectivity index (χ1n) is 8.43. The van der Waals surface area contributed by atoms with Crippen LogP contribution in [0.3, 0.4) is 0 Å². The van der Waals surface area contributed by atoms with E-state index in [1.165, 1.54) is 32.1 Å². The number of ether oxygens (including phenoxy) is 1. The van der Waals surface area contributed by atoms with Crippen molar-refractivity contribution in [2.75, 3.05) is 20.7 Å². The summed E-state index contributed by atoms with van der Waals surface area (Å²) in [7, 11) is 3.52. The molecule has 0 atom stereocenters. The molecule has 23 heavy (non-hydrogen) atoms. The van der Waals surface area contributed by atoms with Crippen LogP contribution in [0, 0.1) is 0 Å². The zero-order valence-corrected chi connectivity index (χ0v) is 15.4. The van der Waals surface area contributed by atoms with E-state index in [0.29, 0.717) is 12.3 Å². The third-order valence-electron chi connectivity index (χ3n) is 3.82. The number of nitrogens with zero attached hydrogens (tertiary/aromatic N) is 1. The Kier molecular flexibility index (Phi) is 9.45. The SMILES string of the molecule is CCCCCCCCNC(=S)N(C)Cc1ccc(O)c(OC)c1. The second-order valence-corrected chi connectivity index (χ2v) is 6.25. The van der Waals surface area contributed by atoms with Gasteiger partial charge in [0.2, 0.25) is 0 Å². The number of unbranched alkanes of at least 4 members (excludes halogenated alkanes) is 5. The highest BCUT2D eigenvalue weighted by Crippen LogP contribution is 2.26. The molecule has 1 aromatic carbocycles. The molecule has 4 nitrogen and oxygen atoms in total. The van der Waals surface area contributed by atoms with Crippen LogP contribution in [0.15, 0.2) is 18.2 Å². The van der Waals surface area contributed by atoms with Gasteiger partial charge in [-0.1, -0.05) is 45.1 Å². The Morgan fingerprint density at radius 3 is 2.61 bits per heavy atom. The van der Waals surface area contributed by atoms with Gasteiger partial charge in [0.1, 0.15) is 0 Å². The molecular weight excluding hydrogens is 308 g/mol. The van der Waals surface area contributed by atoms with Gasteiger partial charge in [0.15, 0.2) is 16.6 Å². The number of phenolic OH excluding ortho intramolecular Hbond substituents is 1. The molecule has 0 aliphatic carbocycles. The second-order valence-electron chi connectivity index (χ2n) is 5.86. The lowest BCUT2D eigenvalue weighted by Crippen LogP contribution is -2.37. The van der Waals surface area contributed by atoms with Crippen LogP contribution >= 0.6 is 12.2 Å². The average Bonchev–Trinajstić information content (AvgIpc) is 2.55. The molecule has 0 aliphatic heterocycles. The van der Waals surface area contributed by atoms with Gasteiger partial charge in [0.25, 0.3) is 0 Å². The van der Waals surface area contributed by atoms with Gasteiger partial charge in [0, 0.05) is 20.1 Å². The fourth-order valence-electron chi connectivity index (χ4n) is 2.40. The summed E-state index contributed by atoms with van der Waals surface area (Å²) in [5, 5.41) is 13.7. The molecule has 0 aliphatic rings. The zero-order chi connectivity index (χ0) is 17.1. The Balaban J connectivity index is 2.28. The number of nitrogens with one attached hydrogen (secondary N) is 1. The highest BCUT2D eigenvalue weighted by Gasteiger charge is 2.07. The Morgan fingerprint density at radius 1 is 1.22 bits per heavy atom. The third-order valence-corrected chi connectivity index (χ3v) is 4.27. The average molecular weight is 339 g/mol. The maximum atomic E-state index is 9.62. The molecule has 0 amide bonds. The van der Waals surface area contributed by atoms with Crippen molar-refractivity contribution in [2.45, 2.75) is 52.0 Å². The van der Waals surface area contributed by atoms with E-state index in [1.54, 1.807) is 13.2 Å². The minimum Gasteiger partial charge on any atom is -0.504 e. The molecule has 0 saturated heterocycles. The van der Waals surface area contributed by atoms with Crippen molar-refractivity contribution in [3.8, 4) is 11.5 Å². The van der Waals surface area contributed by atoms with E-state index in [-0.39, 0.29) is 5.75 Å². The predicted molar refractivity (Wildman–Crippen MR) is 100 cm³/mol. The third kappa shape index (κ3) is 7.55. The van der Waals surface area contributed by atoms with Crippen molar-refractivity contribution in [3.63, 3.8) is 0 Å². The van der Waals surface area contributed by atoms with Crippen molar-refractivity contribution in [2.24, 2.45) is 0 Å². The number of methoxy groups -OCH3 is 1. The number of rotatable bonds is 10. The summed E-state index contributed by atoms with van der Waals surface area (Å²) in [6.07, 6.45) is 7.69. The number of aromatic hydroxyl groups is 1. The number of phenols is 1. The Morgan fingerprint density at radius 2 is 1.91 bits per heavy atom. The number of hydrogen-bond donors (Lipinski definition) is 2. The van der Waals surface area contributed by atoms with Crippen molar-refractivity contribution >= 4 is 17.3 Å². The predicted octanol–water partition coefficient (Wildman–Crippen LogP) is 4.07. The summed E-state index contributed by atoms with van der Waals surface area (Å²) in [5.41, 5.74) is 1.05. The monoisotopic (exact) mass is 338 g/mol. The number of thiocarbonyl (C=S) groups is 1. The molecule has 0 unspecified atom stereocenters. The van der Waals surface area contributed by atoms with Gasteiger partial charge in [-0.25, -0.2) is 0 Å². The molecule has 0 spiro atoms. The molecule has 0 heterocycles. The molecule has 0 fully saturated rings. The zero-order valence-electron chi connectivity index (χ0n) is 14.6. The van der Waals surface area contributed by atoms with Gasteiger partial charge < -0.3 is 20.1 Å². The van der Waals surface area contributed by atoms with E-state index in [1.807, 2.05) is 24.1 Å². The van der Waals surface area contributed by atoms with Gasteiger partial charge in [0.05, 0.1) is 7.11 Å². The maximum Gasteiger partial charge on any atom is 0.168 e. The van der Waals surface area contributed by atoms with Crippen LogP contribution in [0.25, 0.3) is 0 Å². The summed E-state index contributed by atoms with van der Waals surface area (Å²) in [6, 6.07) is 5.36. The van der Waals surface area contributed by atoms with E-state index >= 15 is 0 Å². The van der Waals surface area contributed by atoms with Crippen molar-refractivity contribution in [3.05, 3.63) is 23.8 Å². The van der Waals surface area contributed by atoms with E-state index in [0.717, 1.165) is 23.6 Å². The first-order chi connectivity index (χ1) is 11.1. The molecule has 130 valence electrons. The smallest absolute Gasteiger partial charge is 0.168 e. The Bertz CT molecular complexity index is 480. The topological polar surface area (TPSA) is 44.7 Å². The minimum atomic E-state index is 0.155. The molecule has 2 N–H and O–H groups in total. The van der Waals surface area contributed by atoms with Crippen molar-refractivity contribution in [1.82, 2.24) is 10.2 Å². The Labute approximate surface area is 145 Å². The molecule has 0 aromatic heterocycles. The first-order valence-corrected chi connectivity index (χ1v) is 8.84. The van der Waals surface area contributed by atoms with Crippen LogP contribution in [0.5, 0.6) is 11.5 Å².